The van der Waals surface area contributed by atoms with E-state index in [4.69, 9.17) is 9.52 Å². The highest BCUT2D eigenvalue weighted by Gasteiger charge is 2.21. The molecule has 1 heterocycles. The molecule has 5 nitrogen and oxygen atoms in total. The molecule has 2 aromatic rings. The summed E-state index contributed by atoms with van der Waals surface area (Å²) in [7, 11) is 0. The number of oxazole rings is 1. The van der Waals surface area contributed by atoms with Gasteiger partial charge < -0.3 is 9.52 Å². The van der Waals surface area contributed by atoms with E-state index in [1.165, 1.54) is 12.1 Å². The predicted molar refractivity (Wildman–Crippen MR) is 83.4 cm³/mol. The van der Waals surface area contributed by atoms with Gasteiger partial charge in [-0.2, -0.15) is 0 Å². The maximum absolute atomic E-state index is 13.0. The van der Waals surface area contributed by atoms with Crippen LogP contribution in [-0.4, -0.2) is 27.0 Å². The Hall–Kier alpha value is -2.21. The topological polar surface area (TPSA) is 66.6 Å². The number of carbonyl (C=O) groups is 1. The molecule has 0 aliphatic carbocycles. The molecule has 1 unspecified atom stereocenters. The van der Waals surface area contributed by atoms with Gasteiger partial charge >= 0.3 is 5.97 Å². The van der Waals surface area contributed by atoms with Crippen LogP contribution in [0.25, 0.3) is 0 Å². The number of nitrogens with zero attached hydrogens (tertiary/aromatic N) is 2. The van der Waals surface area contributed by atoms with Crippen molar-refractivity contribution < 1.29 is 18.7 Å². The first-order valence-corrected chi connectivity index (χ1v) is 7.53. The van der Waals surface area contributed by atoms with Gasteiger partial charge in [0, 0.05) is 12.6 Å². The minimum Gasteiger partial charge on any atom is -0.476 e. The van der Waals surface area contributed by atoms with E-state index in [0.717, 1.165) is 11.8 Å². The van der Waals surface area contributed by atoms with E-state index in [0.29, 0.717) is 24.9 Å². The van der Waals surface area contributed by atoms with Crippen LogP contribution >= 0.6 is 0 Å². The normalized spacial score (nSPS) is 12.8. The number of benzene rings is 1. The summed E-state index contributed by atoms with van der Waals surface area (Å²) in [5.74, 6) is -0.626. The first-order valence-electron chi connectivity index (χ1n) is 7.53. The van der Waals surface area contributed by atoms with Crippen molar-refractivity contribution in [2.75, 3.05) is 0 Å². The summed E-state index contributed by atoms with van der Waals surface area (Å²) in [6.45, 7) is 7.31. The van der Waals surface area contributed by atoms with Crippen molar-refractivity contribution in [3.8, 4) is 0 Å². The van der Waals surface area contributed by atoms with Crippen LogP contribution < -0.4 is 0 Å². The summed E-state index contributed by atoms with van der Waals surface area (Å²) >= 11 is 0. The summed E-state index contributed by atoms with van der Waals surface area (Å²) < 4.78 is 18.3. The predicted octanol–water partition coefficient (Wildman–Crippen LogP) is 3.56. The Morgan fingerprint density at radius 3 is 2.43 bits per heavy atom. The average molecular weight is 320 g/mol. The Labute approximate surface area is 134 Å². The van der Waals surface area contributed by atoms with Gasteiger partial charge in [0.2, 0.25) is 5.89 Å². The number of aromatic carboxylic acids is 1. The lowest BCUT2D eigenvalue weighted by molar-refractivity contribution is 0.0690. The van der Waals surface area contributed by atoms with E-state index in [9.17, 15) is 9.18 Å². The zero-order valence-corrected chi connectivity index (χ0v) is 13.5. The monoisotopic (exact) mass is 320 g/mol. The minimum atomic E-state index is -1.11. The van der Waals surface area contributed by atoms with E-state index >= 15 is 0 Å². The second-order valence-corrected chi connectivity index (χ2v) is 5.95. The summed E-state index contributed by atoms with van der Waals surface area (Å²) in [5.41, 5.74) is 0.878. The first kappa shape index (κ1) is 17.1. The highest BCUT2D eigenvalue weighted by molar-refractivity contribution is 5.84. The fourth-order valence-corrected chi connectivity index (χ4v) is 2.25. The zero-order chi connectivity index (χ0) is 17.0. The number of hydrogen-bond donors (Lipinski definition) is 1. The maximum Gasteiger partial charge on any atom is 0.357 e. The number of rotatable bonds is 7. The third-order valence-corrected chi connectivity index (χ3v) is 3.95. The lowest BCUT2D eigenvalue weighted by Gasteiger charge is -2.30. The van der Waals surface area contributed by atoms with Crippen molar-refractivity contribution in [3.05, 3.63) is 53.5 Å². The second kappa shape index (κ2) is 7.37. The minimum absolute atomic E-state index is 0.0982. The van der Waals surface area contributed by atoms with E-state index < -0.39 is 5.97 Å². The number of carboxylic acids is 1. The lowest BCUT2D eigenvalue weighted by atomic mass is 10.0. The molecule has 0 saturated heterocycles. The maximum atomic E-state index is 13.0. The molecule has 1 aromatic heterocycles. The van der Waals surface area contributed by atoms with Crippen molar-refractivity contribution in [2.45, 2.75) is 39.9 Å². The Morgan fingerprint density at radius 2 is 1.91 bits per heavy atom. The van der Waals surface area contributed by atoms with Crippen LogP contribution in [-0.2, 0) is 13.1 Å². The molecule has 0 fully saturated rings. The number of aromatic nitrogens is 1. The third-order valence-electron chi connectivity index (χ3n) is 3.95. The van der Waals surface area contributed by atoms with E-state index in [1.54, 1.807) is 12.1 Å². The molecule has 0 aliphatic heterocycles. The van der Waals surface area contributed by atoms with E-state index in [1.807, 2.05) is 0 Å². The molecule has 1 aromatic carbocycles. The van der Waals surface area contributed by atoms with Gasteiger partial charge in [-0.15, -0.1) is 0 Å². The van der Waals surface area contributed by atoms with Gasteiger partial charge in [-0.1, -0.05) is 26.0 Å². The van der Waals surface area contributed by atoms with E-state index in [-0.39, 0.29) is 17.6 Å². The van der Waals surface area contributed by atoms with E-state index in [2.05, 4.69) is 30.7 Å². The molecule has 0 aliphatic rings. The van der Waals surface area contributed by atoms with Crippen LogP contribution in [0.5, 0.6) is 0 Å². The van der Waals surface area contributed by atoms with Gasteiger partial charge in [-0.3, -0.25) is 4.90 Å². The number of hydrogen-bond acceptors (Lipinski definition) is 4. The highest BCUT2D eigenvalue weighted by Crippen LogP contribution is 2.18. The molecule has 0 amide bonds. The summed E-state index contributed by atoms with van der Waals surface area (Å²) in [6, 6.07) is 6.57. The van der Waals surface area contributed by atoms with Gasteiger partial charge in [-0.05, 0) is 30.5 Å². The molecule has 124 valence electrons. The standard InChI is InChI=1S/C17H21FN2O3/c1-11(2)12(3)20(8-13-4-6-14(18)7-5-13)9-16-19-15(10-23-16)17(21)22/h4-7,10-12H,8-9H2,1-3H3,(H,21,22). The van der Waals surface area contributed by atoms with Gasteiger partial charge in [0.1, 0.15) is 12.1 Å². The molecule has 1 atom stereocenters. The highest BCUT2D eigenvalue weighted by atomic mass is 19.1. The van der Waals surface area contributed by atoms with Crippen LogP contribution in [0.3, 0.4) is 0 Å². The van der Waals surface area contributed by atoms with Crippen molar-refractivity contribution in [2.24, 2.45) is 5.92 Å². The van der Waals surface area contributed by atoms with Gasteiger partial charge in [0.25, 0.3) is 0 Å². The van der Waals surface area contributed by atoms with Crippen LogP contribution in [0.4, 0.5) is 4.39 Å². The molecule has 0 radical (unpaired) electrons. The number of halogens is 1. The summed E-state index contributed by atoms with van der Waals surface area (Å²) in [5, 5.41) is 8.92. The third kappa shape index (κ3) is 4.63. The quantitative estimate of drug-likeness (QED) is 0.845. The Kier molecular flexibility index (Phi) is 5.50. The fourth-order valence-electron chi connectivity index (χ4n) is 2.25. The van der Waals surface area contributed by atoms with Crippen molar-refractivity contribution in [1.29, 1.82) is 0 Å². The SMILES string of the molecule is CC(C)C(C)N(Cc1ccc(F)cc1)Cc1nc(C(=O)O)co1. The fraction of sp³-hybridized carbons (Fsp3) is 0.412. The van der Waals surface area contributed by atoms with Crippen LogP contribution in [0.1, 0.15) is 42.7 Å². The lowest BCUT2D eigenvalue weighted by Crippen LogP contribution is -2.35. The van der Waals surface area contributed by atoms with Crippen molar-refractivity contribution >= 4 is 5.97 Å². The molecule has 0 saturated carbocycles. The Morgan fingerprint density at radius 1 is 1.26 bits per heavy atom. The Balaban J connectivity index is 2.16. The largest absolute Gasteiger partial charge is 0.476 e. The number of carboxylic acid groups (broad SMARTS) is 1. The molecule has 1 N–H and O–H groups in total. The molecule has 0 bridgehead atoms. The summed E-state index contributed by atoms with van der Waals surface area (Å²) in [6.07, 6.45) is 1.15. The van der Waals surface area contributed by atoms with Crippen LogP contribution in [0.2, 0.25) is 0 Å². The Bertz CT molecular complexity index is 652. The molecule has 6 heteroatoms. The van der Waals surface area contributed by atoms with Crippen molar-refractivity contribution in [1.82, 2.24) is 9.88 Å². The van der Waals surface area contributed by atoms with Crippen LogP contribution in [0, 0.1) is 11.7 Å². The smallest absolute Gasteiger partial charge is 0.357 e. The molecular formula is C17H21FN2O3. The molecule has 2 rings (SSSR count). The molecule has 0 spiro atoms. The molecular weight excluding hydrogens is 299 g/mol. The second-order valence-electron chi connectivity index (χ2n) is 5.95. The van der Waals surface area contributed by atoms with Gasteiger partial charge in [-0.25, -0.2) is 14.2 Å². The zero-order valence-electron chi connectivity index (χ0n) is 13.5. The average Bonchev–Trinajstić information content (AvgIpc) is 2.97. The first-order chi connectivity index (χ1) is 10.9. The van der Waals surface area contributed by atoms with Gasteiger partial charge in [0.05, 0.1) is 6.54 Å². The molecule has 23 heavy (non-hydrogen) atoms. The van der Waals surface area contributed by atoms with Crippen molar-refractivity contribution in [3.63, 3.8) is 0 Å². The summed E-state index contributed by atoms with van der Waals surface area (Å²) in [4.78, 5) is 17.0. The van der Waals surface area contributed by atoms with Crippen LogP contribution in [0.15, 0.2) is 34.9 Å². The van der Waals surface area contributed by atoms with Gasteiger partial charge in [0.15, 0.2) is 5.69 Å².